The summed E-state index contributed by atoms with van der Waals surface area (Å²) in [5.74, 6) is 1.16. The summed E-state index contributed by atoms with van der Waals surface area (Å²) < 4.78 is 10.6. The molecule has 0 unspecified atom stereocenters. The molecular formula is C24H31N3O4. The van der Waals surface area contributed by atoms with Crippen LogP contribution in [0.1, 0.15) is 41.6 Å². The first-order valence-electron chi connectivity index (χ1n) is 10.7. The van der Waals surface area contributed by atoms with Crippen LogP contribution in [0.2, 0.25) is 0 Å². The number of carbonyl (C=O) groups excluding carboxylic acids is 2. The molecule has 0 radical (unpaired) electrons. The molecule has 0 bridgehead atoms. The highest BCUT2D eigenvalue weighted by Crippen LogP contribution is 2.29. The maximum Gasteiger partial charge on any atom is 0.254 e. The van der Waals surface area contributed by atoms with Crippen LogP contribution in [0.5, 0.6) is 11.5 Å². The van der Waals surface area contributed by atoms with Gasteiger partial charge in [-0.05, 0) is 61.7 Å². The van der Waals surface area contributed by atoms with Crippen molar-refractivity contribution in [1.82, 2.24) is 4.90 Å². The molecule has 0 aliphatic heterocycles. The number of methoxy groups -OCH3 is 2. The zero-order valence-electron chi connectivity index (χ0n) is 18.2. The molecule has 1 aliphatic carbocycles. The van der Waals surface area contributed by atoms with Gasteiger partial charge in [0.2, 0.25) is 5.91 Å². The quantitative estimate of drug-likeness (QED) is 0.608. The van der Waals surface area contributed by atoms with E-state index in [0.717, 1.165) is 30.5 Å². The molecule has 0 spiro atoms. The van der Waals surface area contributed by atoms with Crippen molar-refractivity contribution in [3.05, 3.63) is 53.6 Å². The van der Waals surface area contributed by atoms with Crippen molar-refractivity contribution in [3.63, 3.8) is 0 Å². The van der Waals surface area contributed by atoms with Crippen molar-refractivity contribution in [1.29, 1.82) is 0 Å². The van der Waals surface area contributed by atoms with Gasteiger partial charge < -0.3 is 25.4 Å². The van der Waals surface area contributed by atoms with Gasteiger partial charge in [0.15, 0.2) is 11.5 Å². The monoisotopic (exact) mass is 425 g/mol. The van der Waals surface area contributed by atoms with E-state index < -0.39 is 0 Å². The van der Waals surface area contributed by atoms with Crippen LogP contribution < -0.4 is 20.5 Å². The Morgan fingerprint density at radius 2 is 1.87 bits per heavy atom. The smallest absolute Gasteiger partial charge is 0.254 e. The maximum atomic E-state index is 13.2. The van der Waals surface area contributed by atoms with Crippen molar-refractivity contribution in [2.75, 3.05) is 32.6 Å². The summed E-state index contributed by atoms with van der Waals surface area (Å²) in [4.78, 5) is 27.3. The number of benzene rings is 2. The van der Waals surface area contributed by atoms with Crippen LogP contribution in [-0.4, -0.2) is 44.0 Å². The Balaban J connectivity index is 1.75. The number of amides is 2. The first kappa shape index (κ1) is 22.6. The summed E-state index contributed by atoms with van der Waals surface area (Å²) in [5.41, 5.74) is 7.91. The zero-order valence-corrected chi connectivity index (χ0v) is 18.2. The first-order chi connectivity index (χ1) is 15.0. The van der Waals surface area contributed by atoms with E-state index in [-0.39, 0.29) is 17.7 Å². The number of rotatable bonds is 10. The highest BCUT2D eigenvalue weighted by Gasteiger charge is 2.25. The molecule has 1 fully saturated rings. The fraction of sp³-hybridized carbons (Fsp3) is 0.417. The summed E-state index contributed by atoms with van der Waals surface area (Å²) >= 11 is 0. The lowest BCUT2D eigenvalue weighted by Crippen LogP contribution is -2.32. The molecule has 166 valence electrons. The van der Waals surface area contributed by atoms with Crippen molar-refractivity contribution < 1.29 is 19.1 Å². The van der Waals surface area contributed by atoms with Crippen molar-refractivity contribution in [2.24, 2.45) is 11.7 Å². The lowest BCUT2D eigenvalue weighted by Gasteiger charge is -2.25. The third-order valence-electron chi connectivity index (χ3n) is 5.59. The Morgan fingerprint density at radius 3 is 2.52 bits per heavy atom. The van der Waals surface area contributed by atoms with Gasteiger partial charge in [-0.3, -0.25) is 9.59 Å². The molecule has 1 aliphatic rings. The van der Waals surface area contributed by atoms with Crippen LogP contribution in [0.25, 0.3) is 0 Å². The van der Waals surface area contributed by atoms with Gasteiger partial charge in [0.1, 0.15) is 0 Å². The molecule has 31 heavy (non-hydrogen) atoms. The van der Waals surface area contributed by atoms with E-state index in [9.17, 15) is 9.59 Å². The van der Waals surface area contributed by atoms with Crippen LogP contribution in [-0.2, 0) is 11.3 Å². The first-order valence-corrected chi connectivity index (χ1v) is 10.7. The molecule has 0 saturated heterocycles. The second-order valence-corrected chi connectivity index (χ2v) is 7.76. The molecule has 1 saturated carbocycles. The predicted molar refractivity (Wildman–Crippen MR) is 120 cm³/mol. The number of carbonyl (C=O) groups is 2. The van der Waals surface area contributed by atoms with E-state index in [1.54, 1.807) is 37.3 Å². The van der Waals surface area contributed by atoms with E-state index in [0.29, 0.717) is 43.1 Å². The largest absolute Gasteiger partial charge is 0.493 e. The molecule has 3 N–H and O–H groups in total. The van der Waals surface area contributed by atoms with Gasteiger partial charge in [-0.15, -0.1) is 0 Å². The normalized spacial score (nSPS) is 13.3. The van der Waals surface area contributed by atoms with Crippen molar-refractivity contribution >= 4 is 17.5 Å². The minimum atomic E-state index is -0.113. The lowest BCUT2D eigenvalue weighted by atomic mass is 9.85. The molecule has 3 rings (SSSR count). The minimum absolute atomic E-state index is 0.0739. The summed E-state index contributed by atoms with van der Waals surface area (Å²) in [6.07, 6.45) is 3.72. The van der Waals surface area contributed by atoms with Gasteiger partial charge in [-0.25, -0.2) is 0 Å². The Hall–Kier alpha value is -3.06. The zero-order chi connectivity index (χ0) is 22.2. The standard InChI is InChI=1S/C24H31N3O4/c1-30-21-11-10-19(15-22(21)31-2)24(29)27(13-5-12-25)16-17-6-3-9-20(14-17)26-23(28)18-7-4-8-18/h3,6,9-11,14-15,18H,4-5,7-8,12-13,16,25H2,1-2H3,(H,26,28). The number of anilines is 1. The maximum absolute atomic E-state index is 13.2. The molecule has 0 aromatic heterocycles. The second-order valence-electron chi connectivity index (χ2n) is 7.76. The Labute approximate surface area is 183 Å². The van der Waals surface area contributed by atoms with E-state index in [4.69, 9.17) is 15.2 Å². The van der Waals surface area contributed by atoms with Crippen molar-refractivity contribution in [2.45, 2.75) is 32.2 Å². The second kappa shape index (κ2) is 10.8. The fourth-order valence-corrected chi connectivity index (χ4v) is 3.57. The molecule has 2 aromatic rings. The lowest BCUT2D eigenvalue weighted by molar-refractivity contribution is -0.122. The van der Waals surface area contributed by atoms with Crippen LogP contribution in [0.3, 0.4) is 0 Å². The Kier molecular flexibility index (Phi) is 7.89. The van der Waals surface area contributed by atoms with Gasteiger partial charge in [0.05, 0.1) is 14.2 Å². The van der Waals surface area contributed by atoms with Crippen LogP contribution in [0, 0.1) is 5.92 Å². The Morgan fingerprint density at radius 1 is 1.10 bits per heavy atom. The summed E-state index contributed by atoms with van der Waals surface area (Å²) in [6.45, 7) is 1.44. The van der Waals surface area contributed by atoms with Gasteiger partial charge in [0.25, 0.3) is 5.91 Å². The van der Waals surface area contributed by atoms with Gasteiger partial charge in [-0.1, -0.05) is 18.6 Å². The van der Waals surface area contributed by atoms with E-state index in [1.807, 2.05) is 24.3 Å². The van der Waals surface area contributed by atoms with Gasteiger partial charge in [0, 0.05) is 30.3 Å². The fourth-order valence-electron chi connectivity index (χ4n) is 3.57. The Bertz CT molecular complexity index is 911. The number of ether oxygens (including phenoxy) is 2. The van der Waals surface area contributed by atoms with E-state index >= 15 is 0 Å². The summed E-state index contributed by atoms with van der Waals surface area (Å²) in [6, 6.07) is 12.8. The van der Waals surface area contributed by atoms with E-state index in [1.165, 1.54) is 0 Å². The average Bonchev–Trinajstić information content (AvgIpc) is 2.74. The SMILES string of the molecule is COc1ccc(C(=O)N(CCCN)Cc2cccc(NC(=O)C3CCC3)c2)cc1OC. The van der Waals surface area contributed by atoms with Crippen molar-refractivity contribution in [3.8, 4) is 11.5 Å². The molecular weight excluding hydrogens is 394 g/mol. The number of nitrogens with one attached hydrogen (secondary N) is 1. The van der Waals surface area contributed by atoms with E-state index in [2.05, 4.69) is 5.32 Å². The topological polar surface area (TPSA) is 93.9 Å². The highest BCUT2D eigenvalue weighted by molar-refractivity contribution is 5.95. The number of nitrogens with zero attached hydrogens (tertiary/aromatic N) is 1. The molecule has 7 nitrogen and oxygen atoms in total. The van der Waals surface area contributed by atoms with Gasteiger partial charge >= 0.3 is 0 Å². The summed E-state index contributed by atoms with van der Waals surface area (Å²) in [5, 5.41) is 3.00. The molecule has 7 heteroatoms. The van der Waals surface area contributed by atoms with Crippen LogP contribution >= 0.6 is 0 Å². The summed E-state index contributed by atoms with van der Waals surface area (Å²) in [7, 11) is 3.10. The minimum Gasteiger partial charge on any atom is -0.493 e. The molecule has 0 atom stereocenters. The third-order valence-corrected chi connectivity index (χ3v) is 5.59. The highest BCUT2D eigenvalue weighted by atomic mass is 16.5. The molecule has 0 heterocycles. The third kappa shape index (κ3) is 5.76. The van der Waals surface area contributed by atoms with Gasteiger partial charge in [-0.2, -0.15) is 0 Å². The number of hydrogen-bond acceptors (Lipinski definition) is 5. The number of nitrogens with two attached hydrogens (primary N) is 1. The molecule has 2 amide bonds. The number of hydrogen-bond donors (Lipinski definition) is 2. The predicted octanol–water partition coefficient (Wildman–Crippen LogP) is 3.43. The van der Waals surface area contributed by atoms with Crippen LogP contribution in [0.15, 0.2) is 42.5 Å². The van der Waals surface area contributed by atoms with Crippen LogP contribution in [0.4, 0.5) is 5.69 Å². The molecule has 2 aromatic carbocycles. The average molecular weight is 426 g/mol.